The molecular weight excluding hydrogens is 212 g/mol. The third-order valence-corrected chi connectivity index (χ3v) is 3.89. The highest BCUT2D eigenvalue weighted by atomic mass is 32.3. The van der Waals surface area contributed by atoms with E-state index in [1.54, 1.807) is 6.08 Å². The van der Waals surface area contributed by atoms with E-state index in [9.17, 15) is 8.42 Å². The van der Waals surface area contributed by atoms with E-state index < -0.39 is 14.7 Å². The van der Waals surface area contributed by atoms with Crippen molar-refractivity contribution in [3.63, 3.8) is 0 Å². The molecule has 13 heavy (non-hydrogen) atoms. The summed E-state index contributed by atoms with van der Waals surface area (Å²) >= 11 is 0.858. The lowest BCUT2D eigenvalue weighted by Crippen LogP contribution is -2.42. The highest BCUT2D eigenvalue weighted by Gasteiger charge is 2.33. The largest absolute Gasteiger partial charge is 0.281 e. The molecule has 1 aliphatic rings. The van der Waals surface area contributed by atoms with Crippen LogP contribution in [0.4, 0.5) is 0 Å². The second-order valence-corrected chi connectivity index (χ2v) is 5.41. The molecule has 1 atom stereocenters. The molecule has 0 spiro atoms. The summed E-state index contributed by atoms with van der Waals surface area (Å²) < 4.78 is 20.8. The van der Waals surface area contributed by atoms with Crippen LogP contribution in [-0.2, 0) is 10.0 Å². The van der Waals surface area contributed by atoms with Gasteiger partial charge in [-0.25, -0.2) is 19.0 Å². The van der Waals surface area contributed by atoms with Gasteiger partial charge < -0.3 is 0 Å². The van der Waals surface area contributed by atoms with Crippen LogP contribution in [0.1, 0.15) is 0 Å². The lowest BCUT2D eigenvalue weighted by Gasteiger charge is -2.14. The Kier molecular flexibility index (Phi) is 2.96. The Balaban J connectivity index is 2.71. The predicted octanol–water partition coefficient (Wildman–Crippen LogP) is -0.767. The molecule has 0 amide bonds. The third kappa shape index (κ3) is 2.44. The molecule has 0 saturated carbocycles. The zero-order valence-corrected chi connectivity index (χ0v) is 8.36. The average Bonchev–Trinajstić information content (AvgIpc) is 2.32. The van der Waals surface area contributed by atoms with Crippen LogP contribution in [0.5, 0.6) is 0 Å². The van der Waals surface area contributed by atoms with Crippen molar-refractivity contribution in [2.24, 2.45) is 5.14 Å². The van der Waals surface area contributed by atoms with Crippen LogP contribution in [0.2, 0.25) is 0 Å². The van der Waals surface area contributed by atoms with Crippen molar-refractivity contribution >= 4 is 27.0 Å². The monoisotopic (exact) mass is 222 g/mol. The third-order valence-electron chi connectivity index (χ3n) is 1.34. The molecule has 74 valence electrons. The van der Waals surface area contributed by atoms with Crippen molar-refractivity contribution in [2.45, 2.75) is 4.71 Å². The van der Waals surface area contributed by atoms with E-state index >= 15 is 0 Å². The van der Waals surface area contributed by atoms with Crippen LogP contribution >= 0.6 is 11.8 Å². The molecule has 1 aliphatic heterocycles. The quantitative estimate of drug-likeness (QED) is 0.545. The number of thioether (sulfide) groups is 1. The number of nitrogens with zero attached hydrogens (tertiary/aromatic N) is 1. The van der Waals surface area contributed by atoms with Gasteiger partial charge in [-0.05, 0) is 11.8 Å². The molecule has 1 unspecified atom stereocenters. The molecule has 6 nitrogen and oxygen atoms in total. The predicted molar refractivity (Wildman–Crippen MR) is 52.3 cm³/mol. The van der Waals surface area contributed by atoms with Gasteiger partial charge in [0.2, 0.25) is 10.0 Å². The second kappa shape index (κ2) is 3.66. The van der Waals surface area contributed by atoms with E-state index in [2.05, 4.69) is 12.0 Å². The summed E-state index contributed by atoms with van der Waals surface area (Å²) in [6, 6.07) is 0. The summed E-state index contributed by atoms with van der Waals surface area (Å²) in [7, 11) is -3.65. The van der Waals surface area contributed by atoms with Crippen molar-refractivity contribution in [1.82, 2.24) is 10.4 Å². The number of nitrogens with two attached hydrogens (primary N) is 1. The van der Waals surface area contributed by atoms with Gasteiger partial charge in [0.1, 0.15) is 0 Å². The van der Waals surface area contributed by atoms with Crippen molar-refractivity contribution in [1.29, 1.82) is 5.41 Å². The van der Waals surface area contributed by atoms with Crippen molar-refractivity contribution in [3.8, 4) is 0 Å². The van der Waals surface area contributed by atoms with Crippen molar-refractivity contribution in [3.05, 3.63) is 12.7 Å². The van der Waals surface area contributed by atoms with Gasteiger partial charge in [0.25, 0.3) is 0 Å². The zero-order valence-electron chi connectivity index (χ0n) is 6.73. The first-order valence-electron chi connectivity index (χ1n) is 3.36. The number of hydrogen-bond donors (Lipinski definition) is 3. The van der Waals surface area contributed by atoms with Crippen LogP contribution in [0, 0.1) is 5.41 Å². The first kappa shape index (κ1) is 10.5. The molecule has 4 N–H and O–H groups in total. The Morgan fingerprint density at radius 3 is 2.85 bits per heavy atom. The summed E-state index contributed by atoms with van der Waals surface area (Å²) in [5.41, 5.74) is 2.57. The molecule has 0 radical (unpaired) electrons. The van der Waals surface area contributed by atoms with Gasteiger partial charge in [-0.2, -0.15) is 0 Å². The summed E-state index contributed by atoms with van der Waals surface area (Å²) in [5, 5.41) is 13.8. The molecule has 0 aromatic heterocycles. The maximum absolute atomic E-state index is 10.9. The van der Waals surface area contributed by atoms with Gasteiger partial charge in [0, 0.05) is 0 Å². The van der Waals surface area contributed by atoms with Crippen LogP contribution < -0.4 is 10.6 Å². The van der Waals surface area contributed by atoms with E-state index in [0.29, 0.717) is 6.54 Å². The molecule has 0 aliphatic carbocycles. The molecule has 8 heteroatoms. The van der Waals surface area contributed by atoms with E-state index in [4.69, 9.17) is 10.5 Å². The number of rotatable bonds is 3. The van der Waals surface area contributed by atoms with Gasteiger partial charge in [-0.1, -0.05) is 6.08 Å². The van der Waals surface area contributed by atoms with Crippen LogP contribution in [0.25, 0.3) is 0 Å². The van der Waals surface area contributed by atoms with Crippen molar-refractivity contribution < 1.29 is 8.42 Å². The number of nitrogens with one attached hydrogen (secondary N) is 2. The first-order valence-corrected chi connectivity index (χ1v) is 5.85. The SMILES string of the molecule is C=CCN1NC(S(N)(=O)=O)SC1=N. The standard InChI is InChI=1S/C5H10N4O2S2/c1-2-3-9-4(6)12-5(8-9)13(7,10)11/h2,5-6,8H,1,3H2,(H2,7,10,11). The number of amidine groups is 1. The molecule has 1 saturated heterocycles. The van der Waals surface area contributed by atoms with E-state index in [1.165, 1.54) is 5.01 Å². The summed E-state index contributed by atoms with van der Waals surface area (Å²) in [4.78, 5) is 0. The number of primary sulfonamides is 1. The smallest absolute Gasteiger partial charge is 0.236 e. The second-order valence-electron chi connectivity index (χ2n) is 2.37. The maximum atomic E-state index is 10.9. The fourth-order valence-electron chi connectivity index (χ4n) is 0.782. The lowest BCUT2D eigenvalue weighted by atomic mass is 10.6. The molecular formula is C5H10N4O2S2. The zero-order chi connectivity index (χ0) is 10.1. The number of hydrazine groups is 1. The van der Waals surface area contributed by atoms with E-state index in [1.807, 2.05) is 0 Å². The average molecular weight is 222 g/mol. The minimum atomic E-state index is -3.65. The Bertz CT molecular complexity index is 325. The summed E-state index contributed by atoms with van der Waals surface area (Å²) in [6.07, 6.45) is 1.56. The summed E-state index contributed by atoms with van der Waals surface area (Å²) in [6.45, 7) is 3.85. The molecule has 0 aromatic carbocycles. The van der Waals surface area contributed by atoms with Gasteiger partial charge in [-0.3, -0.25) is 10.4 Å². The van der Waals surface area contributed by atoms with E-state index in [0.717, 1.165) is 11.8 Å². The van der Waals surface area contributed by atoms with Crippen LogP contribution in [-0.4, -0.2) is 29.8 Å². The lowest BCUT2D eigenvalue weighted by molar-refractivity contribution is 0.367. The Morgan fingerprint density at radius 2 is 2.46 bits per heavy atom. The Morgan fingerprint density at radius 1 is 1.85 bits per heavy atom. The van der Waals surface area contributed by atoms with Gasteiger partial charge in [0.05, 0.1) is 6.54 Å². The molecule has 0 aromatic rings. The Hall–Kier alpha value is -0.570. The Labute approximate surface area is 80.7 Å². The summed E-state index contributed by atoms with van der Waals surface area (Å²) in [5.74, 6) is 0. The normalized spacial score (nSPS) is 23.6. The van der Waals surface area contributed by atoms with Crippen molar-refractivity contribution in [2.75, 3.05) is 6.54 Å². The van der Waals surface area contributed by atoms with Gasteiger partial charge >= 0.3 is 0 Å². The highest BCUT2D eigenvalue weighted by Crippen LogP contribution is 2.22. The number of sulfonamides is 1. The molecule has 1 heterocycles. The molecule has 0 bridgehead atoms. The van der Waals surface area contributed by atoms with Crippen LogP contribution in [0.3, 0.4) is 0 Å². The molecule has 1 fully saturated rings. The maximum Gasteiger partial charge on any atom is 0.236 e. The first-order chi connectivity index (χ1) is 5.95. The highest BCUT2D eigenvalue weighted by molar-refractivity contribution is 8.22. The van der Waals surface area contributed by atoms with E-state index in [-0.39, 0.29) is 5.17 Å². The van der Waals surface area contributed by atoms with Gasteiger partial charge in [-0.15, -0.1) is 6.58 Å². The fourth-order valence-corrected chi connectivity index (χ4v) is 2.50. The topological polar surface area (TPSA) is 99.3 Å². The fraction of sp³-hybridized carbons (Fsp3) is 0.400. The minimum absolute atomic E-state index is 0.124. The number of hydrogen-bond acceptors (Lipinski definition) is 5. The van der Waals surface area contributed by atoms with Gasteiger partial charge in [0.15, 0.2) is 9.87 Å². The van der Waals surface area contributed by atoms with Crippen LogP contribution in [0.15, 0.2) is 12.7 Å². The minimum Gasteiger partial charge on any atom is -0.281 e. The molecule has 1 rings (SSSR count).